The lowest BCUT2D eigenvalue weighted by Gasteiger charge is -2.30. The number of anilines is 1. The second-order valence-corrected chi connectivity index (χ2v) is 3.79. The monoisotopic (exact) mass is 210 g/mol. The van der Waals surface area contributed by atoms with E-state index in [9.17, 15) is 4.79 Å². The van der Waals surface area contributed by atoms with Crippen molar-refractivity contribution in [3.8, 4) is 0 Å². The van der Waals surface area contributed by atoms with Crippen LogP contribution in [0.25, 0.3) is 0 Å². The average molecular weight is 210 g/mol. The summed E-state index contributed by atoms with van der Waals surface area (Å²) in [5.74, 6) is -0.464. The molecule has 2 rings (SSSR count). The summed E-state index contributed by atoms with van der Waals surface area (Å²) in [4.78, 5) is 12.6. The first-order valence-corrected chi connectivity index (χ1v) is 5.00. The zero-order valence-corrected chi connectivity index (χ0v) is 8.35. The summed E-state index contributed by atoms with van der Waals surface area (Å²) >= 11 is 0. The smallest absolute Gasteiger partial charge is 0.371 e. The molecule has 1 aliphatic heterocycles. The Morgan fingerprint density at radius 2 is 2.40 bits per heavy atom. The van der Waals surface area contributed by atoms with Gasteiger partial charge in [-0.15, -0.1) is 0 Å². The summed E-state index contributed by atoms with van der Waals surface area (Å²) in [7, 11) is 0. The van der Waals surface area contributed by atoms with E-state index in [1.54, 1.807) is 6.07 Å². The third-order valence-electron chi connectivity index (χ3n) is 2.57. The standard InChI is InChI=1S/C10H14N2O3/c11-7-2-1-5-12(6-7)9-4-3-8(15-9)10(13)14/h3-4,7H,1-2,5-6,11H2,(H,13,14). The quantitative estimate of drug-likeness (QED) is 0.758. The van der Waals surface area contributed by atoms with Gasteiger partial charge in [-0.25, -0.2) is 4.79 Å². The predicted octanol–water partition coefficient (Wildman–Crippen LogP) is 0.905. The Morgan fingerprint density at radius 1 is 1.60 bits per heavy atom. The summed E-state index contributed by atoms with van der Waals surface area (Å²) in [5, 5.41) is 8.71. The van der Waals surface area contributed by atoms with Crippen LogP contribution in [-0.2, 0) is 0 Å². The van der Waals surface area contributed by atoms with Crippen LogP contribution in [0.4, 0.5) is 5.88 Å². The van der Waals surface area contributed by atoms with E-state index in [0.29, 0.717) is 5.88 Å². The number of rotatable bonds is 2. The molecular formula is C10H14N2O3. The number of hydrogen-bond donors (Lipinski definition) is 2. The second kappa shape index (κ2) is 3.94. The van der Waals surface area contributed by atoms with Crippen LogP contribution in [0.3, 0.4) is 0 Å². The van der Waals surface area contributed by atoms with E-state index in [2.05, 4.69) is 0 Å². The lowest BCUT2D eigenvalue weighted by molar-refractivity contribution is 0.0663. The first-order valence-electron chi connectivity index (χ1n) is 5.00. The maximum atomic E-state index is 10.6. The molecular weight excluding hydrogens is 196 g/mol. The average Bonchev–Trinajstić information content (AvgIpc) is 2.66. The van der Waals surface area contributed by atoms with Crippen molar-refractivity contribution >= 4 is 11.9 Å². The van der Waals surface area contributed by atoms with Gasteiger partial charge >= 0.3 is 5.97 Å². The molecule has 1 aromatic heterocycles. The van der Waals surface area contributed by atoms with Crippen LogP contribution in [-0.4, -0.2) is 30.2 Å². The number of piperidine rings is 1. The highest BCUT2D eigenvalue weighted by Crippen LogP contribution is 2.22. The normalized spacial score (nSPS) is 21.7. The minimum atomic E-state index is -1.04. The van der Waals surface area contributed by atoms with Crippen molar-refractivity contribution in [3.05, 3.63) is 17.9 Å². The van der Waals surface area contributed by atoms with Crippen LogP contribution < -0.4 is 10.6 Å². The third kappa shape index (κ3) is 2.12. The topological polar surface area (TPSA) is 79.7 Å². The molecule has 0 saturated carbocycles. The summed E-state index contributed by atoms with van der Waals surface area (Å²) in [6, 6.07) is 3.30. The molecule has 5 nitrogen and oxygen atoms in total. The fourth-order valence-electron chi connectivity index (χ4n) is 1.82. The molecule has 1 saturated heterocycles. The van der Waals surface area contributed by atoms with Crippen LogP contribution in [0.2, 0.25) is 0 Å². The largest absolute Gasteiger partial charge is 0.475 e. The highest BCUT2D eigenvalue weighted by molar-refractivity contribution is 5.84. The second-order valence-electron chi connectivity index (χ2n) is 3.79. The van der Waals surface area contributed by atoms with Crippen molar-refractivity contribution in [1.29, 1.82) is 0 Å². The van der Waals surface area contributed by atoms with Gasteiger partial charge in [0.15, 0.2) is 5.88 Å². The first-order chi connectivity index (χ1) is 7.16. The van der Waals surface area contributed by atoms with Crippen molar-refractivity contribution in [3.63, 3.8) is 0 Å². The van der Waals surface area contributed by atoms with Crippen LogP contribution in [0.15, 0.2) is 16.5 Å². The molecule has 82 valence electrons. The highest BCUT2D eigenvalue weighted by atomic mass is 16.4. The maximum absolute atomic E-state index is 10.6. The molecule has 1 fully saturated rings. The molecule has 0 aliphatic carbocycles. The number of furan rings is 1. The summed E-state index contributed by atoms with van der Waals surface area (Å²) in [6.45, 7) is 1.60. The van der Waals surface area contributed by atoms with E-state index < -0.39 is 5.97 Å². The molecule has 0 spiro atoms. The van der Waals surface area contributed by atoms with Gasteiger partial charge in [-0.2, -0.15) is 0 Å². The molecule has 1 unspecified atom stereocenters. The molecule has 15 heavy (non-hydrogen) atoms. The minimum Gasteiger partial charge on any atom is -0.475 e. The van der Waals surface area contributed by atoms with Crippen LogP contribution >= 0.6 is 0 Å². The Hall–Kier alpha value is -1.49. The molecule has 1 atom stereocenters. The number of carboxylic acids is 1. The number of hydrogen-bond acceptors (Lipinski definition) is 4. The molecule has 0 amide bonds. The van der Waals surface area contributed by atoms with Gasteiger partial charge in [-0.1, -0.05) is 0 Å². The molecule has 3 N–H and O–H groups in total. The van der Waals surface area contributed by atoms with Gasteiger partial charge in [0.1, 0.15) is 0 Å². The fraction of sp³-hybridized carbons (Fsp3) is 0.500. The number of nitrogens with zero attached hydrogens (tertiary/aromatic N) is 1. The van der Waals surface area contributed by atoms with Crippen molar-refractivity contribution in [1.82, 2.24) is 0 Å². The molecule has 1 aromatic rings. The van der Waals surface area contributed by atoms with Crippen LogP contribution in [0.1, 0.15) is 23.4 Å². The van der Waals surface area contributed by atoms with E-state index in [4.69, 9.17) is 15.3 Å². The van der Waals surface area contributed by atoms with Crippen molar-refractivity contribution in [2.24, 2.45) is 5.73 Å². The molecule has 2 heterocycles. The summed E-state index contributed by atoms with van der Waals surface area (Å²) in [5.41, 5.74) is 5.83. The maximum Gasteiger partial charge on any atom is 0.371 e. The van der Waals surface area contributed by atoms with Crippen molar-refractivity contribution in [2.75, 3.05) is 18.0 Å². The fourth-order valence-corrected chi connectivity index (χ4v) is 1.82. The Kier molecular flexibility index (Phi) is 2.64. The minimum absolute atomic E-state index is 0.0239. The SMILES string of the molecule is NC1CCCN(c2ccc(C(=O)O)o2)C1. The number of aromatic carboxylic acids is 1. The molecule has 0 aromatic carbocycles. The first kappa shape index (κ1) is 10.0. The van der Waals surface area contributed by atoms with Gasteiger partial charge in [-0.05, 0) is 18.9 Å². The third-order valence-corrected chi connectivity index (χ3v) is 2.57. The van der Waals surface area contributed by atoms with Gasteiger partial charge in [0.25, 0.3) is 0 Å². The van der Waals surface area contributed by atoms with E-state index >= 15 is 0 Å². The van der Waals surface area contributed by atoms with E-state index in [0.717, 1.165) is 25.9 Å². The summed E-state index contributed by atoms with van der Waals surface area (Å²) < 4.78 is 5.20. The highest BCUT2D eigenvalue weighted by Gasteiger charge is 2.20. The van der Waals surface area contributed by atoms with Gasteiger partial charge < -0.3 is 20.2 Å². The number of carbonyl (C=O) groups is 1. The Labute approximate surface area is 87.5 Å². The number of nitrogens with two attached hydrogens (primary N) is 1. The lowest BCUT2D eigenvalue weighted by atomic mass is 10.1. The molecule has 5 heteroatoms. The molecule has 0 radical (unpaired) electrons. The lowest BCUT2D eigenvalue weighted by Crippen LogP contribution is -2.42. The molecule has 1 aliphatic rings. The zero-order chi connectivity index (χ0) is 10.8. The van der Waals surface area contributed by atoms with Crippen molar-refractivity contribution in [2.45, 2.75) is 18.9 Å². The van der Waals surface area contributed by atoms with Gasteiger partial charge in [0.2, 0.25) is 5.76 Å². The Morgan fingerprint density at radius 3 is 3.00 bits per heavy atom. The van der Waals surface area contributed by atoms with E-state index in [1.807, 2.05) is 4.90 Å². The summed E-state index contributed by atoms with van der Waals surface area (Å²) in [6.07, 6.45) is 2.03. The Balaban J connectivity index is 2.11. The van der Waals surface area contributed by atoms with E-state index in [-0.39, 0.29) is 11.8 Å². The molecule has 0 bridgehead atoms. The predicted molar refractivity (Wildman–Crippen MR) is 55.1 cm³/mol. The van der Waals surface area contributed by atoms with E-state index in [1.165, 1.54) is 6.07 Å². The Bertz CT molecular complexity index is 361. The van der Waals surface area contributed by atoms with Crippen LogP contribution in [0, 0.1) is 0 Å². The van der Waals surface area contributed by atoms with Gasteiger partial charge in [0, 0.05) is 25.2 Å². The zero-order valence-electron chi connectivity index (χ0n) is 8.35. The van der Waals surface area contributed by atoms with Crippen LogP contribution in [0.5, 0.6) is 0 Å². The van der Waals surface area contributed by atoms with Gasteiger partial charge in [0.05, 0.1) is 0 Å². The number of carboxylic acid groups (broad SMARTS) is 1. The van der Waals surface area contributed by atoms with Crippen molar-refractivity contribution < 1.29 is 14.3 Å². The van der Waals surface area contributed by atoms with Gasteiger partial charge in [-0.3, -0.25) is 0 Å².